The first kappa shape index (κ1) is 20.7. The van der Waals surface area contributed by atoms with E-state index in [0.717, 1.165) is 13.1 Å². The average Bonchev–Trinajstić information content (AvgIpc) is 2.79. The van der Waals surface area contributed by atoms with Gasteiger partial charge in [-0.15, -0.1) is 0 Å². The highest BCUT2D eigenvalue weighted by Gasteiger charge is 2.15. The smallest absolute Gasteiger partial charge is 0.323 e. The highest BCUT2D eigenvalue weighted by molar-refractivity contribution is 6.01. The number of carbonyl (C=O) groups excluding carboxylic acids is 1. The maximum Gasteiger partial charge on any atom is 0.323 e. The number of ether oxygens (including phenoxy) is 3. The van der Waals surface area contributed by atoms with Crippen molar-refractivity contribution in [3.8, 4) is 11.5 Å². The van der Waals surface area contributed by atoms with Crippen LogP contribution >= 0.6 is 0 Å². The first-order valence-electron chi connectivity index (χ1n) is 9.80. The number of amides is 2. The largest absolute Gasteiger partial charge is 0.493 e. The number of pyridine rings is 1. The second-order valence-electron chi connectivity index (χ2n) is 6.95. The van der Waals surface area contributed by atoms with Gasteiger partial charge in [-0.2, -0.15) is 0 Å². The minimum absolute atomic E-state index is 0.259. The first-order valence-corrected chi connectivity index (χ1v) is 9.80. The van der Waals surface area contributed by atoms with Gasteiger partial charge in [0.1, 0.15) is 11.3 Å². The van der Waals surface area contributed by atoms with E-state index >= 15 is 0 Å². The van der Waals surface area contributed by atoms with Crippen molar-refractivity contribution < 1.29 is 23.4 Å². The molecule has 162 valence electrons. The monoisotopic (exact) mass is 426 g/mol. The van der Waals surface area contributed by atoms with E-state index < -0.39 is 11.8 Å². The molecule has 0 atom stereocenters. The molecular weight excluding hydrogens is 403 g/mol. The number of morpholine rings is 1. The van der Waals surface area contributed by atoms with Gasteiger partial charge in [-0.25, -0.2) is 14.2 Å². The molecule has 2 amide bonds. The van der Waals surface area contributed by atoms with E-state index in [4.69, 9.17) is 14.2 Å². The Labute approximate surface area is 178 Å². The van der Waals surface area contributed by atoms with Gasteiger partial charge in [0.05, 0.1) is 27.4 Å². The summed E-state index contributed by atoms with van der Waals surface area (Å²) in [5, 5.41) is 5.94. The van der Waals surface area contributed by atoms with E-state index in [0.29, 0.717) is 47.3 Å². The molecule has 4 rings (SSSR count). The SMILES string of the molecule is COc1ccc(NC(=O)Nc2cc(F)c3nc(N4CCOCC4)ccc3c2)cc1OC. The molecule has 9 heteroatoms. The topological polar surface area (TPSA) is 85.0 Å². The summed E-state index contributed by atoms with van der Waals surface area (Å²) < 4.78 is 30.5. The van der Waals surface area contributed by atoms with E-state index in [1.54, 1.807) is 30.3 Å². The Morgan fingerprint density at radius 2 is 1.74 bits per heavy atom. The van der Waals surface area contributed by atoms with Crippen molar-refractivity contribution in [3.63, 3.8) is 0 Å². The number of hydrogen-bond acceptors (Lipinski definition) is 6. The van der Waals surface area contributed by atoms with Gasteiger partial charge < -0.3 is 29.7 Å². The Bertz CT molecular complexity index is 1100. The Balaban J connectivity index is 1.50. The van der Waals surface area contributed by atoms with Crippen molar-refractivity contribution in [1.29, 1.82) is 0 Å². The number of aromatic nitrogens is 1. The molecule has 0 bridgehead atoms. The van der Waals surface area contributed by atoms with Crippen LogP contribution in [-0.4, -0.2) is 51.5 Å². The minimum atomic E-state index is -0.510. The molecule has 1 aliphatic rings. The molecule has 2 aromatic carbocycles. The molecule has 2 heterocycles. The molecule has 1 saturated heterocycles. The number of urea groups is 1. The quantitative estimate of drug-likeness (QED) is 0.644. The Hall–Kier alpha value is -3.59. The van der Waals surface area contributed by atoms with Gasteiger partial charge in [0.25, 0.3) is 0 Å². The third kappa shape index (κ3) is 4.61. The molecule has 0 spiro atoms. The van der Waals surface area contributed by atoms with Crippen LogP contribution < -0.4 is 25.0 Å². The second kappa shape index (κ2) is 9.05. The third-order valence-electron chi connectivity index (χ3n) is 4.97. The second-order valence-corrected chi connectivity index (χ2v) is 6.95. The molecule has 2 N–H and O–H groups in total. The molecule has 1 fully saturated rings. The maximum atomic E-state index is 14.7. The fourth-order valence-electron chi connectivity index (χ4n) is 3.43. The van der Waals surface area contributed by atoms with Crippen molar-refractivity contribution in [3.05, 3.63) is 48.3 Å². The number of hydrogen-bond donors (Lipinski definition) is 2. The Kier molecular flexibility index (Phi) is 6.03. The standard InChI is InChI=1S/C22H23FN4O4/c1-29-18-5-4-15(13-19(18)30-2)24-22(28)25-16-11-14-3-6-20(26-21(14)17(23)12-16)27-7-9-31-10-8-27/h3-6,11-13H,7-10H2,1-2H3,(H2,24,25,28). The molecule has 1 aromatic heterocycles. The van der Waals surface area contributed by atoms with Crippen LogP contribution in [0, 0.1) is 5.82 Å². The summed E-state index contributed by atoms with van der Waals surface area (Å²) in [6, 6.07) is 11.1. The van der Waals surface area contributed by atoms with Crippen molar-refractivity contribution >= 4 is 34.1 Å². The zero-order chi connectivity index (χ0) is 21.8. The summed E-state index contributed by atoms with van der Waals surface area (Å²) in [5.74, 6) is 1.24. The van der Waals surface area contributed by atoms with Gasteiger partial charge in [-0.3, -0.25) is 0 Å². The highest BCUT2D eigenvalue weighted by atomic mass is 19.1. The molecule has 8 nitrogen and oxygen atoms in total. The van der Waals surface area contributed by atoms with Gasteiger partial charge in [-0.05, 0) is 36.4 Å². The van der Waals surface area contributed by atoms with E-state index in [2.05, 4.69) is 20.5 Å². The van der Waals surface area contributed by atoms with Gasteiger partial charge >= 0.3 is 6.03 Å². The van der Waals surface area contributed by atoms with Crippen LogP contribution in [0.4, 0.5) is 26.4 Å². The lowest BCUT2D eigenvalue weighted by Crippen LogP contribution is -2.36. The normalized spacial score (nSPS) is 13.7. The van der Waals surface area contributed by atoms with Crippen LogP contribution in [-0.2, 0) is 4.74 Å². The average molecular weight is 426 g/mol. The van der Waals surface area contributed by atoms with E-state index in [1.165, 1.54) is 20.3 Å². The molecule has 0 radical (unpaired) electrons. The predicted octanol–water partition coefficient (Wildman–Crippen LogP) is 3.87. The van der Waals surface area contributed by atoms with Crippen LogP contribution in [0.3, 0.4) is 0 Å². The number of benzene rings is 2. The van der Waals surface area contributed by atoms with E-state index in [-0.39, 0.29) is 5.52 Å². The summed E-state index contributed by atoms with van der Waals surface area (Å²) in [7, 11) is 3.04. The molecule has 0 saturated carbocycles. The minimum Gasteiger partial charge on any atom is -0.493 e. The third-order valence-corrected chi connectivity index (χ3v) is 4.97. The summed E-state index contributed by atoms with van der Waals surface area (Å²) in [6.45, 7) is 2.69. The van der Waals surface area contributed by atoms with Crippen LogP contribution in [0.2, 0.25) is 0 Å². The Morgan fingerprint density at radius 1 is 1.00 bits per heavy atom. The van der Waals surface area contributed by atoms with Crippen LogP contribution in [0.15, 0.2) is 42.5 Å². The van der Waals surface area contributed by atoms with Crippen molar-refractivity contribution in [2.45, 2.75) is 0 Å². The molecule has 0 unspecified atom stereocenters. The lowest BCUT2D eigenvalue weighted by Gasteiger charge is -2.28. The number of anilines is 3. The zero-order valence-corrected chi connectivity index (χ0v) is 17.3. The summed E-state index contributed by atoms with van der Waals surface area (Å²) in [4.78, 5) is 18.9. The first-order chi connectivity index (χ1) is 15.1. The van der Waals surface area contributed by atoms with Crippen molar-refractivity contribution in [2.75, 3.05) is 56.1 Å². The van der Waals surface area contributed by atoms with Gasteiger partial charge in [0, 0.05) is 35.9 Å². The van der Waals surface area contributed by atoms with Crippen molar-refractivity contribution in [1.82, 2.24) is 4.98 Å². The molecule has 3 aromatic rings. The highest BCUT2D eigenvalue weighted by Crippen LogP contribution is 2.30. The lowest BCUT2D eigenvalue weighted by atomic mass is 10.2. The zero-order valence-electron chi connectivity index (χ0n) is 17.3. The summed E-state index contributed by atoms with van der Waals surface area (Å²) in [6.07, 6.45) is 0. The maximum absolute atomic E-state index is 14.7. The molecule has 1 aliphatic heterocycles. The number of methoxy groups -OCH3 is 2. The number of nitrogens with one attached hydrogen (secondary N) is 2. The van der Waals surface area contributed by atoms with E-state index in [9.17, 15) is 9.18 Å². The molecule has 31 heavy (non-hydrogen) atoms. The number of nitrogens with zero attached hydrogens (tertiary/aromatic N) is 2. The van der Waals surface area contributed by atoms with Crippen molar-refractivity contribution in [2.24, 2.45) is 0 Å². The van der Waals surface area contributed by atoms with Gasteiger partial charge in [-0.1, -0.05) is 0 Å². The number of rotatable bonds is 5. The lowest BCUT2D eigenvalue weighted by molar-refractivity contribution is 0.122. The van der Waals surface area contributed by atoms with Gasteiger partial charge in [0.2, 0.25) is 0 Å². The van der Waals surface area contributed by atoms with Crippen LogP contribution in [0.25, 0.3) is 10.9 Å². The van der Waals surface area contributed by atoms with Crippen LogP contribution in [0.1, 0.15) is 0 Å². The summed E-state index contributed by atoms with van der Waals surface area (Å²) >= 11 is 0. The Morgan fingerprint density at radius 3 is 2.48 bits per heavy atom. The summed E-state index contributed by atoms with van der Waals surface area (Å²) in [5.41, 5.74) is 1.09. The fraction of sp³-hybridized carbons (Fsp3) is 0.273. The number of halogens is 1. The predicted molar refractivity (Wildman–Crippen MR) is 117 cm³/mol. The molecular formula is C22H23FN4O4. The van der Waals surface area contributed by atoms with E-state index in [1.807, 2.05) is 6.07 Å². The van der Waals surface area contributed by atoms with Gasteiger partial charge in [0.15, 0.2) is 17.3 Å². The molecule has 0 aliphatic carbocycles. The van der Waals surface area contributed by atoms with Crippen LogP contribution in [0.5, 0.6) is 11.5 Å². The number of carbonyl (C=O) groups is 1. The number of fused-ring (bicyclic) bond motifs is 1. The fourth-order valence-corrected chi connectivity index (χ4v) is 3.43.